The van der Waals surface area contributed by atoms with E-state index >= 15 is 0 Å². The van der Waals surface area contributed by atoms with Crippen molar-refractivity contribution in [1.29, 1.82) is 0 Å². The van der Waals surface area contributed by atoms with E-state index < -0.39 is 17.9 Å². The van der Waals surface area contributed by atoms with Gasteiger partial charge in [-0.3, -0.25) is 9.59 Å². The van der Waals surface area contributed by atoms with Crippen molar-refractivity contribution in [2.45, 2.75) is 13.0 Å². The first-order valence-electron chi connectivity index (χ1n) is 6.40. The summed E-state index contributed by atoms with van der Waals surface area (Å²) in [5.74, 6) is -1.02. The molecular formula is C16H15ClN2O2. The van der Waals surface area contributed by atoms with Gasteiger partial charge in [0.25, 0.3) is 5.91 Å². The van der Waals surface area contributed by atoms with Gasteiger partial charge in [0.1, 0.15) is 6.04 Å². The van der Waals surface area contributed by atoms with Crippen LogP contribution in [0.15, 0.2) is 48.5 Å². The number of rotatable bonds is 4. The first-order valence-corrected chi connectivity index (χ1v) is 6.78. The molecule has 2 aromatic rings. The van der Waals surface area contributed by atoms with Gasteiger partial charge in [-0.15, -0.1) is 0 Å². The van der Waals surface area contributed by atoms with E-state index in [2.05, 4.69) is 5.32 Å². The smallest absolute Gasteiger partial charge is 0.252 e. The lowest BCUT2D eigenvalue weighted by atomic mass is 10.1. The Morgan fingerprint density at radius 3 is 2.38 bits per heavy atom. The fourth-order valence-corrected chi connectivity index (χ4v) is 2.09. The number of carbonyl (C=O) groups excluding carboxylic acids is 2. The van der Waals surface area contributed by atoms with Crippen LogP contribution in [0.5, 0.6) is 0 Å². The summed E-state index contributed by atoms with van der Waals surface area (Å²) in [6.07, 6.45) is 0. The molecule has 0 bridgehead atoms. The molecule has 0 aliphatic heterocycles. The van der Waals surface area contributed by atoms with Crippen LogP contribution in [0.25, 0.3) is 0 Å². The van der Waals surface area contributed by atoms with Crippen molar-refractivity contribution >= 4 is 23.4 Å². The maximum atomic E-state index is 12.2. The molecule has 0 saturated heterocycles. The second-order valence-corrected chi connectivity index (χ2v) is 5.09. The summed E-state index contributed by atoms with van der Waals surface area (Å²) in [4.78, 5) is 23.8. The second kappa shape index (κ2) is 6.41. The van der Waals surface area contributed by atoms with Crippen LogP contribution in [0, 0.1) is 6.92 Å². The lowest BCUT2D eigenvalue weighted by molar-refractivity contribution is -0.120. The van der Waals surface area contributed by atoms with Crippen molar-refractivity contribution in [3.8, 4) is 0 Å². The van der Waals surface area contributed by atoms with Crippen LogP contribution < -0.4 is 11.1 Å². The molecule has 0 fully saturated rings. The van der Waals surface area contributed by atoms with Gasteiger partial charge >= 0.3 is 0 Å². The molecule has 108 valence electrons. The maximum absolute atomic E-state index is 12.2. The summed E-state index contributed by atoms with van der Waals surface area (Å²) in [6.45, 7) is 1.85. The Balaban J connectivity index is 2.23. The molecule has 0 saturated carbocycles. The molecule has 2 aromatic carbocycles. The van der Waals surface area contributed by atoms with Crippen molar-refractivity contribution in [2.75, 3.05) is 0 Å². The standard InChI is InChI=1S/C16H15ClN2O2/c1-10-7-8-12(9-13(10)17)16(21)19-14(15(18)20)11-5-3-2-4-6-11/h2-9,14H,1H3,(H2,18,20)(H,19,21). The van der Waals surface area contributed by atoms with Crippen LogP contribution in [-0.2, 0) is 4.79 Å². The normalized spacial score (nSPS) is 11.7. The maximum Gasteiger partial charge on any atom is 0.252 e. The third-order valence-electron chi connectivity index (χ3n) is 3.13. The van der Waals surface area contributed by atoms with Gasteiger partial charge in [-0.1, -0.05) is 48.0 Å². The Morgan fingerprint density at radius 2 is 1.81 bits per heavy atom. The fraction of sp³-hybridized carbons (Fsp3) is 0.125. The molecule has 2 amide bonds. The van der Waals surface area contributed by atoms with E-state index in [4.69, 9.17) is 17.3 Å². The van der Waals surface area contributed by atoms with E-state index in [9.17, 15) is 9.59 Å². The van der Waals surface area contributed by atoms with E-state index in [1.165, 1.54) is 0 Å². The Bertz CT molecular complexity index is 671. The molecule has 2 rings (SSSR count). The van der Waals surface area contributed by atoms with Crippen LogP contribution in [0.4, 0.5) is 0 Å². The van der Waals surface area contributed by atoms with Crippen molar-refractivity contribution in [2.24, 2.45) is 5.73 Å². The van der Waals surface area contributed by atoms with Crippen LogP contribution in [0.3, 0.4) is 0 Å². The van der Waals surface area contributed by atoms with Crippen LogP contribution in [0.2, 0.25) is 5.02 Å². The predicted molar refractivity (Wildman–Crippen MR) is 82.0 cm³/mol. The van der Waals surface area contributed by atoms with Gasteiger partial charge in [-0.05, 0) is 30.2 Å². The van der Waals surface area contributed by atoms with Gasteiger partial charge in [0.05, 0.1) is 0 Å². The monoisotopic (exact) mass is 302 g/mol. The van der Waals surface area contributed by atoms with Gasteiger partial charge in [-0.25, -0.2) is 0 Å². The van der Waals surface area contributed by atoms with E-state index in [0.717, 1.165) is 5.56 Å². The highest BCUT2D eigenvalue weighted by Gasteiger charge is 2.20. The highest BCUT2D eigenvalue weighted by atomic mass is 35.5. The second-order valence-electron chi connectivity index (χ2n) is 4.68. The first-order chi connectivity index (χ1) is 9.99. The lowest BCUT2D eigenvalue weighted by Gasteiger charge is -2.16. The first kappa shape index (κ1) is 15.1. The minimum absolute atomic E-state index is 0.382. The highest BCUT2D eigenvalue weighted by Crippen LogP contribution is 2.18. The average Bonchev–Trinajstić information content (AvgIpc) is 2.48. The third-order valence-corrected chi connectivity index (χ3v) is 3.53. The summed E-state index contributed by atoms with van der Waals surface area (Å²) < 4.78 is 0. The number of aryl methyl sites for hydroxylation is 1. The van der Waals surface area contributed by atoms with Crippen molar-refractivity contribution in [3.63, 3.8) is 0 Å². The van der Waals surface area contributed by atoms with Crippen LogP contribution in [-0.4, -0.2) is 11.8 Å². The molecule has 0 aliphatic rings. The summed E-state index contributed by atoms with van der Waals surface area (Å²) in [5, 5.41) is 3.12. The number of hydrogen-bond acceptors (Lipinski definition) is 2. The molecule has 0 aliphatic carbocycles. The van der Waals surface area contributed by atoms with Gasteiger partial charge in [-0.2, -0.15) is 0 Å². The predicted octanol–water partition coefficient (Wildman–Crippen LogP) is 2.60. The molecule has 3 N–H and O–H groups in total. The van der Waals surface area contributed by atoms with Gasteiger partial charge in [0.15, 0.2) is 0 Å². The summed E-state index contributed by atoms with van der Waals surface area (Å²) in [7, 11) is 0. The van der Waals surface area contributed by atoms with Crippen LogP contribution in [0.1, 0.15) is 27.5 Å². The van der Waals surface area contributed by atoms with Gasteiger partial charge in [0.2, 0.25) is 5.91 Å². The zero-order valence-corrected chi connectivity index (χ0v) is 12.2. The van der Waals surface area contributed by atoms with E-state index in [1.54, 1.807) is 42.5 Å². The molecule has 21 heavy (non-hydrogen) atoms. The van der Waals surface area contributed by atoms with Crippen LogP contribution >= 0.6 is 11.6 Å². The summed E-state index contributed by atoms with van der Waals surface area (Å²) in [6, 6.07) is 12.9. The van der Waals surface area contributed by atoms with Gasteiger partial charge in [0, 0.05) is 10.6 Å². The number of amides is 2. The number of nitrogens with two attached hydrogens (primary N) is 1. The Labute approximate surface area is 127 Å². The number of hydrogen-bond donors (Lipinski definition) is 2. The summed E-state index contributed by atoms with van der Waals surface area (Å²) >= 11 is 6.00. The molecule has 0 spiro atoms. The van der Waals surface area contributed by atoms with Gasteiger partial charge < -0.3 is 11.1 Å². The molecule has 1 atom stereocenters. The van der Waals surface area contributed by atoms with E-state index in [1.807, 2.05) is 13.0 Å². The zero-order valence-electron chi connectivity index (χ0n) is 11.5. The number of carbonyl (C=O) groups is 2. The molecule has 0 aromatic heterocycles. The molecular weight excluding hydrogens is 288 g/mol. The SMILES string of the molecule is Cc1ccc(C(=O)NC(C(N)=O)c2ccccc2)cc1Cl. The van der Waals surface area contributed by atoms with Crippen molar-refractivity contribution in [1.82, 2.24) is 5.32 Å². The average molecular weight is 303 g/mol. The third kappa shape index (κ3) is 3.61. The largest absolute Gasteiger partial charge is 0.368 e. The Morgan fingerprint density at radius 1 is 1.14 bits per heavy atom. The quantitative estimate of drug-likeness (QED) is 0.911. The molecule has 5 heteroatoms. The van der Waals surface area contributed by atoms with Crippen molar-refractivity contribution < 1.29 is 9.59 Å². The molecule has 0 heterocycles. The molecule has 4 nitrogen and oxygen atoms in total. The minimum atomic E-state index is -0.876. The highest BCUT2D eigenvalue weighted by molar-refractivity contribution is 6.31. The number of halogens is 1. The Kier molecular flexibility index (Phi) is 4.60. The van der Waals surface area contributed by atoms with Crippen molar-refractivity contribution in [3.05, 3.63) is 70.2 Å². The number of benzene rings is 2. The fourth-order valence-electron chi connectivity index (χ4n) is 1.91. The zero-order chi connectivity index (χ0) is 15.4. The minimum Gasteiger partial charge on any atom is -0.368 e. The van der Waals surface area contributed by atoms with E-state index in [-0.39, 0.29) is 0 Å². The molecule has 1 unspecified atom stereocenters. The van der Waals surface area contributed by atoms with E-state index in [0.29, 0.717) is 16.1 Å². The number of nitrogens with one attached hydrogen (secondary N) is 1. The Hall–Kier alpha value is -2.33. The topological polar surface area (TPSA) is 72.2 Å². The molecule has 0 radical (unpaired) electrons. The lowest BCUT2D eigenvalue weighted by Crippen LogP contribution is -2.37. The summed E-state index contributed by atoms with van der Waals surface area (Å²) in [5.41, 5.74) is 7.26. The number of primary amides is 1.